The van der Waals surface area contributed by atoms with Gasteiger partial charge in [0.15, 0.2) is 0 Å². The summed E-state index contributed by atoms with van der Waals surface area (Å²) in [5.41, 5.74) is 28.7. The molecule has 4 aliphatic rings. The highest BCUT2D eigenvalue weighted by atomic mass is 79.9. The Morgan fingerprint density at radius 2 is 0.486 bits per heavy atom. The Hall–Kier alpha value is -12.3. The smallest absolute Gasteiger partial charge is 0.423 e. The molecule has 0 radical (unpaired) electrons. The van der Waals surface area contributed by atoms with Crippen molar-refractivity contribution in [3.63, 3.8) is 0 Å². The highest BCUT2D eigenvalue weighted by molar-refractivity contribution is 9.10. The van der Waals surface area contributed by atoms with Crippen LogP contribution in [0.5, 0.6) is 0 Å². The maximum Gasteiger partial charge on any atom is 0.488 e. The molecule has 0 atom stereocenters. The second-order valence-corrected chi connectivity index (χ2v) is 28.5. The second-order valence-electron chi connectivity index (χ2n) is 27.6. The zero-order valence-corrected chi connectivity index (χ0v) is 58.1. The fourth-order valence-corrected chi connectivity index (χ4v) is 17.8. The first-order valence-corrected chi connectivity index (χ1v) is 36.5. The molecule has 0 bridgehead atoms. The topological polar surface area (TPSA) is 46.9 Å². The number of nitrogens with zero attached hydrogens (tertiary/aromatic N) is 2. The number of halogens is 1. The number of hydrogen-bond acceptors (Lipinski definition) is 4. The molecule has 0 amide bonds. The molecule has 18 aromatic carbocycles. The van der Waals surface area contributed by atoms with Crippen LogP contribution in [0.2, 0.25) is 0 Å². The van der Waals surface area contributed by atoms with E-state index in [4.69, 9.17) is 0 Å². The van der Waals surface area contributed by atoms with Crippen LogP contribution >= 0.6 is 15.9 Å². The molecule has 0 saturated carbocycles. The van der Waals surface area contributed by atoms with Crippen molar-refractivity contribution in [2.24, 2.45) is 0 Å². The minimum atomic E-state index is -1.44. The van der Waals surface area contributed by atoms with E-state index in [0.717, 1.165) is 20.6 Å². The predicted octanol–water partition coefficient (Wildman–Crippen LogP) is 21.9. The third-order valence-corrected chi connectivity index (χ3v) is 22.5. The summed E-state index contributed by atoms with van der Waals surface area (Å²) in [6.45, 7) is 0.247. The van der Waals surface area contributed by atoms with Crippen molar-refractivity contribution >= 4 is 151 Å². The standard InChI is InChI=1S/C48H30BN.C30H19BBrN.C18H13BO2.CH4/c1-2-12-31(13-3-1)32-23-26-47-43(29-32)40-18-8-10-20-45(40)49-46-21-11-9-19-41(46)44-30-34(24-27-48(44)50(47)49)33-22-25-39-37-16-5-4-14-35(37)36-15-6-7-17-38(36)42(39)28-33;32-22-15-17-30-26(19-22)24-11-5-7-13-28(24)31-27-12-6-4-10-23(27)25-18-21(14-16-29(25)33(30)31)20-8-2-1-3-9-20;20-19(21)12-9-10-17-15-7-2-1-5-13(15)14-6-3-4-8-16(14)18(17)11-12;/h1-30H;1-19H;1-11,20-21H;1H4. The van der Waals surface area contributed by atoms with Gasteiger partial charge in [0.1, 0.15) is 0 Å². The van der Waals surface area contributed by atoms with Gasteiger partial charge in [-0.05, 0) is 208 Å². The van der Waals surface area contributed by atoms with Gasteiger partial charge in [-0.15, -0.1) is 0 Å². The van der Waals surface area contributed by atoms with Gasteiger partial charge in [0.25, 0.3) is 0 Å². The normalized spacial score (nSPS) is 12.4. The molecule has 0 spiro atoms. The van der Waals surface area contributed by atoms with E-state index in [1.807, 2.05) is 36.4 Å². The Bertz CT molecular complexity index is 6470. The summed E-state index contributed by atoms with van der Waals surface area (Å²) in [6, 6.07) is 132. The first-order valence-electron chi connectivity index (χ1n) is 35.7. The van der Waals surface area contributed by atoms with Gasteiger partial charge >= 0.3 is 20.8 Å². The molecule has 0 saturated heterocycles. The molecule has 105 heavy (non-hydrogen) atoms. The van der Waals surface area contributed by atoms with Crippen molar-refractivity contribution in [3.05, 3.63) is 368 Å². The van der Waals surface area contributed by atoms with Crippen molar-refractivity contribution in [3.8, 4) is 77.9 Å². The van der Waals surface area contributed by atoms with Gasteiger partial charge in [0.2, 0.25) is 0 Å². The number of benzene rings is 18. The zero-order chi connectivity index (χ0) is 69.1. The van der Waals surface area contributed by atoms with Crippen LogP contribution in [-0.4, -0.2) is 30.9 Å². The van der Waals surface area contributed by atoms with Crippen LogP contribution in [0.15, 0.2) is 368 Å². The van der Waals surface area contributed by atoms with Gasteiger partial charge in [-0.3, -0.25) is 0 Å². The maximum absolute atomic E-state index is 9.42. The van der Waals surface area contributed by atoms with E-state index >= 15 is 0 Å². The molecule has 4 aliphatic heterocycles. The quantitative estimate of drug-likeness (QED) is 0.136. The summed E-state index contributed by atoms with van der Waals surface area (Å²) in [6.07, 6.45) is 0. The molecular formula is C97H66B3BrN2O2. The number of rotatable bonds is 4. The van der Waals surface area contributed by atoms with Crippen molar-refractivity contribution in [2.45, 2.75) is 7.43 Å². The first kappa shape index (κ1) is 63.6. The van der Waals surface area contributed by atoms with Gasteiger partial charge in [0, 0.05) is 49.5 Å². The van der Waals surface area contributed by atoms with Gasteiger partial charge in [-0.1, -0.05) is 327 Å². The van der Waals surface area contributed by atoms with Gasteiger partial charge < -0.3 is 19.7 Å². The SMILES string of the molecule is Brc1ccc2c(c1)-c1ccccc1B1c3ccccc3-c3cc(-c4ccccc4)ccc3N12.C.OB(O)c1ccc2c3ccccc3c3ccccc3c2c1.c1ccc(-c2ccc3c(c2)-c2ccccc2B2c4ccccc4-c4cc(-c5ccc6c7ccccc7c7ccccc7c6c5)ccc4N23)cc1. The zero-order valence-electron chi connectivity index (χ0n) is 56.5. The summed E-state index contributed by atoms with van der Waals surface area (Å²) in [5, 5.41) is 33.6. The van der Waals surface area contributed by atoms with E-state index in [2.05, 4.69) is 347 Å². The average molecular weight is 1400 g/mol. The Kier molecular flexibility index (Phi) is 15.7. The monoisotopic (exact) mass is 1400 g/mol. The van der Waals surface area contributed by atoms with Crippen LogP contribution in [0.3, 0.4) is 0 Å². The van der Waals surface area contributed by atoms with E-state index in [1.54, 1.807) is 6.07 Å². The Balaban J connectivity index is 0.000000118. The largest absolute Gasteiger partial charge is 0.488 e. The van der Waals surface area contributed by atoms with Crippen molar-refractivity contribution in [1.82, 2.24) is 0 Å². The highest BCUT2D eigenvalue weighted by Gasteiger charge is 2.44. The number of fused-ring (bicyclic) bond motifs is 34. The van der Waals surface area contributed by atoms with E-state index < -0.39 is 7.12 Å². The molecule has 0 fully saturated rings. The lowest BCUT2D eigenvalue weighted by Gasteiger charge is -2.43. The third kappa shape index (κ3) is 10.5. The number of anilines is 4. The molecule has 18 aromatic rings. The average Bonchev–Trinajstić information content (AvgIpc) is 0.711. The molecule has 22 rings (SSSR count). The van der Waals surface area contributed by atoms with Crippen LogP contribution in [0.1, 0.15) is 7.43 Å². The second kappa shape index (κ2) is 25.9. The van der Waals surface area contributed by atoms with Crippen molar-refractivity contribution in [1.29, 1.82) is 0 Å². The van der Waals surface area contributed by atoms with Gasteiger partial charge in [-0.25, -0.2) is 0 Å². The molecule has 4 nitrogen and oxygen atoms in total. The Morgan fingerprint density at radius 3 is 0.857 bits per heavy atom. The molecule has 492 valence electrons. The summed E-state index contributed by atoms with van der Waals surface area (Å²) in [5.74, 6) is 0. The van der Waals surface area contributed by atoms with E-state index in [-0.39, 0.29) is 21.1 Å². The third-order valence-electron chi connectivity index (χ3n) is 22.0. The lowest BCUT2D eigenvalue weighted by Crippen LogP contribution is -2.59. The minimum absolute atomic E-state index is 0. The molecule has 2 N–H and O–H groups in total. The molecule has 0 unspecified atom stereocenters. The predicted molar refractivity (Wildman–Crippen MR) is 454 cm³/mol. The summed E-state index contributed by atoms with van der Waals surface area (Å²) in [7, 11) is -1.44. The summed E-state index contributed by atoms with van der Waals surface area (Å²) in [4.78, 5) is 5.13. The molecule has 0 aliphatic carbocycles. The minimum Gasteiger partial charge on any atom is -0.423 e. The van der Waals surface area contributed by atoms with E-state index in [1.165, 1.54) is 171 Å². The van der Waals surface area contributed by atoms with Crippen LogP contribution < -0.4 is 36.9 Å². The Labute approximate surface area is 620 Å². The van der Waals surface area contributed by atoms with Crippen LogP contribution in [0, 0.1) is 0 Å². The fraction of sp³-hybridized carbons (Fsp3) is 0.0103. The fourth-order valence-electron chi connectivity index (χ4n) is 17.4. The van der Waals surface area contributed by atoms with E-state index in [0.29, 0.717) is 5.46 Å². The maximum atomic E-state index is 9.42. The lowest BCUT2D eigenvalue weighted by atomic mass is 9.43. The van der Waals surface area contributed by atoms with Crippen LogP contribution in [0.25, 0.3) is 143 Å². The van der Waals surface area contributed by atoms with Crippen LogP contribution in [0.4, 0.5) is 22.7 Å². The van der Waals surface area contributed by atoms with E-state index in [9.17, 15) is 10.0 Å². The molecule has 8 heteroatoms. The summed E-state index contributed by atoms with van der Waals surface area (Å²) >= 11 is 3.70. The number of hydrogen-bond donors (Lipinski definition) is 2. The van der Waals surface area contributed by atoms with Crippen LogP contribution in [-0.2, 0) is 0 Å². The van der Waals surface area contributed by atoms with Crippen molar-refractivity contribution in [2.75, 3.05) is 9.62 Å². The highest BCUT2D eigenvalue weighted by Crippen LogP contribution is 2.51. The van der Waals surface area contributed by atoms with Gasteiger partial charge in [0.05, 0.1) is 0 Å². The van der Waals surface area contributed by atoms with Gasteiger partial charge in [-0.2, -0.15) is 0 Å². The lowest BCUT2D eigenvalue weighted by molar-refractivity contribution is 0.426. The molecule has 4 heterocycles. The molecular weight excluding hydrogens is 1340 g/mol. The summed E-state index contributed by atoms with van der Waals surface area (Å²) < 4.78 is 1.10. The molecule has 0 aromatic heterocycles. The Morgan fingerprint density at radius 1 is 0.219 bits per heavy atom. The first-order chi connectivity index (χ1) is 51.4. The van der Waals surface area contributed by atoms with Crippen molar-refractivity contribution < 1.29 is 10.0 Å².